The number of likely N-dealkylation sites (tertiary alicyclic amines) is 1. The predicted molar refractivity (Wildman–Crippen MR) is 84.3 cm³/mol. The zero-order chi connectivity index (χ0) is 14.9. The molecule has 21 heavy (non-hydrogen) atoms. The van der Waals surface area contributed by atoms with Gasteiger partial charge < -0.3 is 20.3 Å². The number of carbonyl (C=O) groups is 1. The summed E-state index contributed by atoms with van der Waals surface area (Å²) in [5.41, 5.74) is 0. The van der Waals surface area contributed by atoms with Crippen molar-refractivity contribution in [1.82, 2.24) is 15.5 Å². The summed E-state index contributed by atoms with van der Waals surface area (Å²) in [6.07, 6.45) is 6.39. The van der Waals surface area contributed by atoms with Gasteiger partial charge in [0.2, 0.25) is 5.91 Å². The van der Waals surface area contributed by atoms with Gasteiger partial charge in [0.25, 0.3) is 0 Å². The van der Waals surface area contributed by atoms with Crippen LogP contribution in [0.15, 0.2) is 0 Å². The molecule has 2 aliphatic rings. The summed E-state index contributed by atoms with van der Waals surface area (Å²) in [4.78, 5) is 14.8. The van der Waals surface area contributed by atoms with Crippen molar-refractivity contribution in [1.29, 1.82) is 0 Å². The molecule has 1 amide bonds. The SMILES string of the molecule is CCCNC1COCC1C(=O)NCCN1CCCCCC1. The third kappa shape index (κ3) is 5.57. The number of nitrogens with zero attached hydrogens (tertiary/aromatic N) is 1. The van der Waals surface area contributed by atoms with Gasteiger partial charge in [-0.05, 0) is 38.9 Å². The maximum atomic E-state index is 12.3. The normalized spacial score (nSPS) is 27.5. The van der Waals surface area contributed by atoms with E-state index >= 15 is 0 Å². The second kappa shape index (κ2) is 9.38. The Balaban J connectivity index is 1.66. The van der Waals surface area contributed by atoms with E-state index in [1.165, 1.54) is 38.8 Å². The first-order valence-electron chi connectivity index (χ1n) is 8.62. The Morgan fingerprint density at radius 3 is 2.62 bits per heavy atom. The number of ether oxygens (including phenoxy) is 1. The summed E-state index contributed by atoms with van der Waals surface area (Å²) in [6.45, 7) is 8.40. The molecule has 122 valence electrons. The Labute approximate surface area is 128 Å². The zero-order valence-corrected chi connectivity index (χ0v) is 13.4. The minimum absolute atomic E-state index is 0.0271. The fourth-order valence-electron chi connectivity index (χ4n) is 3.17. The summed E-state index contributed by atoms with van der Waals surface area (Å²) in [5.74, 6) is 0.122. The van der Waals surface area contributed by atoms with Crippen molar-refractivity contribution in [2.75, 3.05) is 45.9 Å². The maximum absolute atomic E-state index is 12.3. The lowest BCUT2D eigenvalue weighted by atomic mass is 10.0. The molecule has 0 spiro atoms. The van der Waals surface area contributed by atoms with E-state index in [2.05, 4.69) is 22.5 Å². The largest absolute Gasteiger partial charge is 0.379 e. The van der Waals surface area contributed by atoms with Gasteiger partial charge in [-0.25, -0.2) is 0 Å². The fraction of sp³-hybridized carbons (Fsp3) is 0.938. The van der Waals surface area contributed by atoms with Crippen molar-refractivity contribution in [3.8, 4) is 0 Å². The Hall–Kier alpha value is -0.650. The minimum Gasteiger partial charge on any atom is -0.379 e. The Morgan fingerprint density at radius 2 is 1.90 bits per heavy atom. The van der Waals surface area contributed by atoms with E-state index in [4.69, 9.17) is 4.74 Å². The van der Waals surface area contributed by atoms with Crippen LogP contribution in [0, 0.1) is 5.92 Å². The van der Waals surface area contributed by atoms with Gasteiger partial charge in [0.05, 0.1) is 19.1 Å². The monoisotopic (exact) mass is 297 g/mol. The van der Waals surface area contributed by atoms with Crippen molar-refractivity contribution in [3.63, 3.8) is 0 Å². The minimum atomic E-state index is -0.0271. The molecule has 0 bridgehead atoms. The molecule has 2 unspecified atom stereocenters. The van der Waals surface area contributed by atoms with Crippen LogP contribution in [0.25, 0.3) is 0 Å². The molecule has 0 aromatic rings. The molecule has 5 nitrogen and oxygen atoms in total. The average molecular weight is 297 g/mol. The number of hydrogen-bond acceptors (Lipinski definition) is 4. The average Bonchev–Trinajstić information content (AvgIpc) is 2.81. The smallest absolute Gasteiger partial charge is 0.227 e. The van der Waals surface area contributed by atoms with Crippen LogP contribution in [0.4, 0.5) is 0 Å². The van der Waals surface area contributed by atoms with Gasteiger partial charge in [-0.1, -0.05) is 19.8 Å². The molecule has 5 heteroatoms. The second-order valence-electron chi connectivity index (χ2n) is 6.25. The van der Waals surface area contributed by atoms with E-state index in [1.54, 1.807) is 0 Å². The topological polar surface area (TPSA) is 53.6 Å². The van der Waals surface area contributed by atoms with Crippen LogP contribution < -0.4 is 10.6 Å². The molecule has 2 saturated heterocycles. The maximum Gasteiger partial charge on any atom is 0.227 e. The molecule has 2 fully saturated rings. The molecule has 2 aliphatic heterocycles. The lowest BCUT2D eigenvalue weighted by Gasteiger charge is -2.22. The van der Waals surface area contributed by atoms with Gasteiger partial charge in [-0.3, -0.25) is 4.79 Å². The van der Waals surface area contributed by atoms with Crippen LogP contribution in [0.3, 0.4) is 0 Å². The highest BCUT2D eigenvalue weighted by atomic mass is 16.5. The highest BCUT2D eigenvalue weighted by Gasteiger charge is 2.33. The molecule has 2 atom stereocenters. The molecular weight excluding hydrogens is 266 g/mol. The molecule has 0 aliphatic carbocycles. The lowest BCUT2D eigenvalue weighted by molar-refractivity contribution is -0.125. The van der Waals surface area contributed by atoms with E-state index in [0.29, 0.717) is 13.2 Å². The summed E-state index contributed by atoms with van der Waals surface area (Å²) in [7, 11) is 0. The van der Waals surface area contributed by atoms with Crippen molar-refractivity contribution < 1.29 is 9.53 Å². The number of carbonyl (C=O) groups excluding carboxylic acids is 1. The molecule has 2 heterocycles. The fourth-order valence-corrected chi connectivity index (χ4v) is 3.17. The van der Waals surface area contributed by atoms with E-state index in [9.17, 15) is 4.79 Å². The van der Waals surface area contributed by atoms with Crippen molar-refractivity contribution in [2.45, 2.75) is 45.1 Å². The molecule has 0 radical (unpaired) electrons. The first kappa shape index (κ1) is 16.7. The van der Waals surface area contributed by atoms with Crippen LogP contribution in [0.1, 0.15) is 39.0 Å². The van der Waals surface area contributed by atoms with Crippen molar-refractivity contribution in [2.24, 2.45) is 5.92 Å². The first-order chi connectivity index (χ1) is 10.3. The molecule has 2 rings (SSSR count). The molecule has 0 aromatic heterocycles. The van der Waals surface area contributed by atoms with Gasteiger partial charge in [0.1, 0.15) is 0 Å². The first-order valence-corrected chi connectivity index (χ1v) is 8.62. The Kier molecular flexibility index (Phi) is 7.47. The third-order valence-corrected chi connectivity index (χ3v) is 4.50. The van der Waals surface area contributed by atoms with Crippen molar-refractivity contribution >= 4 is 5.91 Å². The Bertz CT molecular complexity index is 304. The molecule has 0 aromatic carbocycles. The van der Waals surface area contributed by atoms with Crippen LogP contribution in [0.2, 0.25) is 0 Å². The van der Waals surface area contributed by atoms with Gasteiger partial charge in [-0.15, -0.1) is 0 Å². The third-order valence-electron chi connectivity index (χ3n) is 4.50. The van der Waals surface area contributed by atoms with Crippen molar-refractivity contribution in [3.05, 3.63) is 0 Å². The van der Waals surface area contributed by atoms with Crippen LogP contribution in [-0.4, -0.2) is 62.8 Å². The number of hydrogen-bond donors (Lipinski definition) is 2. The van der Waals surface area contributed by atoms with Crippen LogP contribution >= 0.6 is 0 Å². The molecule has 0 saturated carbocycles. The molecular formula is C16H31N3O2. The van der Waals surface area contributed by atoms with Gasteiger partial charge in [0, 0.05) is 19.1 Å². The zero-order valence-electron chi connectivity index (χ0n) is 13.4. The highest BCUT2D eigenvalue weighted by Crippen LogP contribution is 2.14. The summed E-state index contributed by atoms with van der Waals surface area (Å²) in [6, 6.07) is 0.183. The highest BCUT2D eigenvalue weighted by molar-refractivity contribution is 5.79. The van der Waals surface area contributed by atoms with Gasteiger partial charge in [-0.2, -0.15) is 0 Å². The number of amides is 1. The van der Waals surface area contributed by atoms with Gasteiger partial charge in [0.15, 0.2) is 0 Å². The lowest BCUT2D eigenvalue weighted by Crippen LogP contribution is -2.45. The molecule has 2 N–H and O–H groups in total. The predicted octanol–water partition coefficient (Wildman–Crippen LogP) is 0.993. The van der Waals surface area contributed by atoms with E-state index < -0.39 is 0 Å². The summed E-state index contributed by atoms with van der Waals surface area (Å²) < 4.78 is 5.47. The summed E-state index contributed by atoms with van der Waals surface area (Å²) >= 11 is 0. The van der Waals surface area contributed by atoms with E-state index in [1.807, 2.05) is 0 Å². The quantitative estimate of drug-likeness (QED) is 0.736. The second-order valence-corrected chi connectivity index (χ2v) is 6.25. The van der Waals surface area contributed by atoms with E-state index in [-0.39, 0.29) is 17.9 Å². The summed E-state index contributed by atoms with van der Waals surface area (Å²) in [5, 5.41) is 6.51. The van der Waals surface area contributed by atoms with Crippen LogP contribution in [-0.2, 0) is 9.53 Å². The number of rotatable bonds is 7. The standard InChI is InChI=1S/C16H31N3O2/c1-2-7-17-15-13-21-12-14(15)16(20)18-8-11-19-9-5-3-4-6-10-19/h14-15,17H,2-13H2,1H3,(H,18,20). The van der Waals surface area contributed by atoms with Gasteiger partial charge >= 0.3 is 0 Å². The Morgan fingerprint density at radius 1 is 1.14 bits per heavy atom. The van der Waals surface area contributed by atoms with E-state index in [0.717, 1.165) is 26.1 Å². The number of nitrogens with one attached hydrogen (secondary N) is 2. The van der Waals surface area contributed by atoms with Crippen LogP contribution in [0.5, 0.6) is 0 Å².